The molecule has 27 heavy (non-hydrogen) atoms. The van der Waals surface area contributed by atoms with Gasteiger partial charge < -0.3 is 19.3 Å². The third-order valence-electron chi connectivity index (χ3n) is 7.40. The van der Waals surface area contributed by atoms with Gasteiger partial charge in [0.1, 0.15) is 11.9 Å². The Morgan fingerprint density at radius 1 is 1.22 bits per heavy atom. The molecular weight excluding hydrogens is 374 g/mol. The molecule has 2 fully saturated rings. The van der Waals surface area contributed by atoms with E-state index in [0.717, 1.165) is 0 Å². The number of alkyl halides is 1. The van der Waals surface area contributed by atoms with Crippen molar-refractivity contribution >= 4 is 23.2 Å². The Labute approximate surface area is 162 Å². The van der Waals surface area contributed by atoms with E-state index in [1.165, 1.54) is 27.4 Å². The fraction of sp³-hybridized carbons (Fsp3) is 0.684. The predicted molar refractivity (Wildman–Crippen MR) is 95.9 cm³/mol. The van der Waals surface area contributed by atoms with Gasteiger partial charge in [0, 0.05) is 17.9 Å². The van der Waals surface area contributed by atoms with Crippen LogP contribution < -0.4 is 0 Å². The van der Waals surface area contributed by atoms with Crippen molar-refractivity contribution in [2.24, 2.45) is 10.8 Å². The minimum absolute atomic E-state index is 0.0597. The molecule has 148 valence electrons. The van der Waals surface area contributed by atoms with Crippen molar-refractivity contribution in [2.45, 2.75) is 36.3 Å². The number of ketones is 2. The van der Waals surface area contributed by atoms with Crippen LogP contribution in [0.2, 0.25) is 0 Å². The molecule has 7 nitrogen and oxygen atoms in total. The second-order valence-electron chi connectivity index (χ2n) is 7.84. The average Bonchev–Trinajstić information content (AvgIpc) is 3.15. The second kappa shape index (κ2) is 5.72. The molecule has 0 radical (unpaired) electrons. The van der Waals surface area contributed by atoms with E-state index in [9.17, 15) is 14.7 Å². The van der Waals surface area contributed by atoms with E-state index in [1.807, 2.05) is 7.05 Å². The number of allylic oxidation sites excluding steroid dienone is 2. The number of aliphatic hydroxyl groups is 1. The lowest BCUT2D eigenvalue weighted by Crippen LogP contribution is -2.63. The van der Waals surface area contributed by atoms with Crippen molar-refractivity contribution in [3.63, 3.8) is 0 Å². The van der Waals surface area contributed by atoms with E-state index in [2.05, 4.69) is 4.90 Å². The number of rotatable bonds is 3. The third kappa shape index (κ3) is 1.72. The van der Waals surface area contributed by atoms with Gasteiger partial charge in [-0.2, -0.15) is 0 Å². The van der Waals surface area contributed by atoms with Crippen LogP contribution in [0.25, 0.3) is 0 Å². The van der Waals surface area contributed by atoms with Gasteiger partial charge in [-0.15, -0.1) is 11.6 Å². The molecule has 4 aliphatic rings. The standard InChI is InChI=1S/C19H24ClNO6/c1-21-6-5-17-8-10(22)14(26-3)16(27-4)18(17,21)9-12(20)19(17)13(23)7-11(25-2)15(19)24/h7,12,15,24H,5-6,8-9H2,1-4H3/t12-,15-,17+,18+,19+/m1/s1. The minimum atomic E-state index is -1.34. The molecule has 0 aromatic rings. The number of aliphatic hydroxyl groups excluding tert-OH is 1. The molecule has 0 unspecified atom stereocenters. The number of ether oxygens (including phenoxy) is 3. The lowest BCUT2D eigenvalue weighted by molar-refractivity contribution is -0.148. The first kappa shape index (κ1) is 18.8. The van der Waals surface area contributed by atoms with Gasteiger partial charge >= 0.3 is 0 Å². The predicted octanol–water partition coefficient (Wildman–Crippen LogP) is 0.996. The fourth-order valence-electron chi connectivity index (χ4n) is 6.42. The SMILES string of the molecule is COC1=CC(=O)[C@@]2([C@H](Cl)C[C@]34C(OC)=C(OC)C(=O)C[C@]23CCN4C)[C@@H]1O. The molecular formula is C19H24ClNO6. The van der Waals surface area contributed by atoms with Crippen LogP contribution in [-0.2, 0) is 23.8 Å². The molecule has 0 aromatic carbocycles. The first-order chi connectivity index (χ1) is 12.8. The molecule has 8 heteroatoms. The zero-order chi connectivity index (χ0) is 19.8. The van der Waals surface area contributed by atoms with Gasteiger partial charge in [0.25, 0.3) is 0 Å². The maximum Gasteiger partial charge on any atom is 0.201 e. The molecule has 0 bridgehead atoms. The van der Waals surface area contributed by atoms with Crippen molar-refractivity contribution < 1.29 is 28.9 Å². The highest BCUT2D eigenvalue weighted by Crippen LogP contribution is 2.74. The largest absolute Gasteiger partial charge is 0.498 e. The summed E-state index contributed by atoms with van der Waals surface area (Å²) < 4.78 is 16.4. The van der Waals surface area contributed by atoms with Gasteiger partial charge in [-0.3, -0.25) is 14.5 Å². The Kier molecular flexibility index (Phi) is 3.98. The number of likely N-dealkylation sites (tertiary alicyclic amines) is 1. The van der Waals surface area contributed by atoms with E-state index < -0.39 is 27.8 Å². The van der Waals surface area contributed by atoms with Crippen LogP contribution in [0.15, 0.2) is 23.4 Å². The summed E-state index contributed by atoms with van der Waals surface area (Å²) in [5.41, 5.74) is -3.05. The van der Waals surface area contributed by atoms with Crippen molar-refractivity contribution in [1.82, 2.24) is 4.90 Å². The zero-order valence-electron chi connectivity index (χ0n) is 15.9. The van der Waals surface area contributed by atoms with Crippen LogP contribution in [0.5, 0.6) is 0 Å². The van der Waals surface area contributed by atoms with E-state index in [-0.39, 0.29) is 29.5 Å². The molecule has 1 aliphatic heterocycles. The Hall–Kier alpha value is -1.57. The van der Waals surface area contributed by atoms with Crippen LogP contribution in [0.1, 0.15) is 19.3 Å². The normalized spacial score (nSPS) is 43.9. The van der Waals surface area contributed by atoms with Crippen LogP contribution in [0, 0.1) is 10.8 Å². The van der Waals surface area contributed by atoms with Gasteiger partial charge in [0.2, 0.25) is 11.5 Å². The van der Waals surface area contributed by atoms with Crippen molar-refractivity contribution in [3.8, 4) is 0 Å². The van der Waals surface area contributed by atoms with E-state index in [4.69, 9.17) is 25.8 Å². The Morgan fingerprint density at radius 3 is 2.48 bits per heavy atom. The van der Waals surface area contributed by atoms with Gasteiger partial charge in [-0.25, -0.2) is 0 Å². The molecule has 4 rings (SSSR count). The number of methoxy groups -OCH3 is 3. The molecule has 1 spiro atoms. The summed E-state index contributed by atoms with van der Waals surface area (Å²) in [4.78, 5) is 28.4. The molecule has 1 N–H and O–H groups in total. The van der Waals surface area contributed by atoms with Crippen molar-refractivity contribution in [2.75, 3.05) is 34.9 Å². The van der Waals surface area contributed by atoms with E-state index in [0.29, 0.717) is 25.1 Å². The first-order valence-corrected chi connectivity index (χ1v) is 9.41. The molecule has 1 heterocycles. The van der Waals surface area contributed by atoms with Crippen molar-refractivity contribution in [3.05, 3.63) is 23.4 Å². The molecule has 5 atom stereocenters. The highest BCUT2D eigenvalue weighted by molar-refractivity contribution is 6.25. The number of carbonyl (C=O) groups is 2. The summed E-state index contributed by atoms with van der Waals surface area (Å²) in [7, 11) is 6.29. The number of hydrogen-bond donors (Lipinski definition) is 1. The third-order valence-corrected chi connectivity index (χ3v) is 7.90. The fourth-order valence-corrected chi connectivity index (χ4v) is 7.08. The van der Waals surface area contributed by atoms with Gasteiger partial charge in [-0.05, 0) is 26.4 Å². The lowest BCUT2D eigenvalue weighted by Gasteiger charge is -2.53. The topological polar surface area (TPSA) is 85.3 Å². The number of carbonyl (C=O) groups excluding carboxylic acids is 2. The highest BCUT2D eigenvalue weighted by atomic mass is 35.5. The summed E-state index contributed by atoms with van der Waals surface area (Å²) in [6.45, 7) is 0.644. The second-order valence-corrected chi connectivity index (χ2v) is 8.37. The minimum Gasteiger partial charge on any atom is -0.498 e. The number of nitrogens with zero attached hydrogens (tertiary/aromatic N) is 1. The number of hydrogen-bond acceptors (Lipinski definition) is 7. The van der Waals surface area contributed by atoms with E-state index in [1.54, 1.807) is 0 Å². The summed E-state index contributed by atoms with van der Waals surface area (Å²) in [5.74, 6) is 0.236. The lowest BCUT2D eigenvalue weighted by atomic mass is 9.52. The van der Waals surface area contributed by atoms with Crippen molar-refractivity contribution in [1.29, 1.82) is 0 Å². The van der Waals surface area contributed by atoms with Crippen LogP contribution >= 0.6 is 11.6 Å². The first-order valence-electron chi connectivity index (χ1n) is 8.97. The number of likely N-dealkylation sites (N-methyl/N-ethyl adjacent to an activating group) is 1. The highest BCUT2D eigenvalue weighted by Gasteiger charge is 2.83. The molecule has 3 aliphatic carbocycles. The molecule has 0 amide bonds. The number of halogens is 1. The van der Waals surface area contributed by atoms with Crippen LogP contribution in [0.4, 0.5) is 0 Å². The van der Waals surface area contributed by atoms with Crippen LogP contribution in [-0.4, -0.2) is 73.5 Å². The molecule has 1 saturated carbocycles. The number of Topliss-reactive ketones (excluding diaryl/α,β-unsaturated/α-hetero) is 1. The smallest absolute Gasteiger partial charge is 0.201 e. The Bertz CT molecular complexity index is 793. The zero-order valence-corrected chi connectivity index (χ0v) is 16.6. The van der Waals surface area contributed by atoms with E-state index >= 15 is 0 Å². The summed E-state index contributed by atoms with van der Waals surface area (Å²) in [5, 5.41) is 10.5. The average molecular weight is 398 g/mol. The quantitative estimate of drug-likeness (QED) is 0.711. The molecule has 1 saturated heterocycles. The summed E-state index contributed by atoms with van der Waals surface area (Å²) in [6, 6.07) is 0. The Balaban J connectivity index is 2.04. The Morgan fingerprint density at radius 2 is 1.93 bits per heavy atom. The summed E-state index contributed by atoms with van der Waals surface area (Å²) in [6.07, 6.45) is 1.08. The maximum absolute atomic E-state index is 13.3. The maximum atomic E-state index is 13.3. The van der Waals surface area contributed by atoms with Gasteiger partial charge in [0.05, 0.1) is 37.7 Å². The molecule has 0 aromatic heterocycles. The monoisotopic (exact) mass is 397 g/mol. The van der Waals surface area contributed by atoms with Gasteiger partial charge in [-0.1, -0.05) is 0 Å². The summed E-state index contributed by atoms with van der Waals surface area (Å²) >= 11 is 6.85. The van der Waals surface area contributed by atoms with Gasteiger partial charge in [0.15, 0.2) is 11.5 Å². The van der Waals surface area contributed by atoms with Crippen LogP contribution in [0.3, 0.4) is 0 Å².